The number of piperidine rings is 1. The molecule has 1 aromatic heterocycles. The summed E-state index contributed by atoms with van der Waals surface area (Å²) in [5.41, 5.74) is 3.76. The summed E-state index contributed by atoms with van der Waals surface area (Å²) in [5, 5.41) is 17.1. The van der Waals surface area contributed by atoms with E-state index < -0.39 is 17.3 Å². The van der Waals surface area contributed by atoms with Gasteiger partial charge in [-0.15, -0.1) is 0 Å². The lowest BCUT2D eigenvalue weighted by atomic mass is 9.85. The number of hydrogen-bond acceptors (Lipinski definition) is 7. The summed E-state index contributed by atoms with van der Waals surface area (Å²) in [5.74, 6) is -1.63. The van der Waals surface area contributed by atoms with Crippen LogP contribution in [0.15, 0.2) is 54.4 Å². The van der Waals surface area contributed by atoms with E-state index in [1.165, 1.54) is 0 Å². The predicted molar refractivity (Wildman–Crippen MR) is 166 cm³/mol. The number of hydrogen-bond donors (Lipinski definition) is 2. The molecule has 1 aromatic carbocycles. The molecule has 2 N–H and O–H groups in total. The Morgan fingerprint density at radius 1 is 1.09 bits per heavy atom. The van der Waals surface area contributed by atoms with Crippen LogP contribution in [0.3, 0.4) is 0 Å². The number of aromatic nitrogens is 2. The van der Waals surface area contributed by atoms with Crippen LogP contribution in [0.1, 0.15) is 74.0 Å². The summed E-state index contributed by atoms with van der Waals surface area (Å²) in [4.78, 5) is 14.0. The van der Waals surface area contributed by atoms with Crippen LogP contribution in [0.25, 0.3) is 6.08 Å². The summed E-state index contributed by atoms with van der Waals surface area (Å²) in [6.07, 6.45) is 6.14. The van der Waals surface area contributed by atoms with Gasteiger partial charge in [-0.3, -0.25) is 0 Å². The first-order chi connectivity index (χ1) is 20.6. The zero-order valence-electron chi connectivity index (χ0n) is 25.2. The van der Waals surface area contributed by atoms with E-state index in [2.05, 4.69) is 39.7 Å². The summed E-state index contributed by atoms with van der Waals surface area (Å²) in [6, 6.07) is 9.06. The first kappa shape index (κ1) is 29.3. The van der Waals surface area contributed by atoms with Gasteiger partial charge in [-0.25, -0.2) is 18.7 Å². The van der Waals surface area contributed by atoms with Crippen LogP contribution >= 0.6 is 0 Å². The van der Waals surface area contributed by atoms with Gasteiger partial charge in [0.25, 0.3) is 5.92 Å². The topological polar surface area (TPSA) is 80.1 Å². The predicted octanol–water partition coefficient (Wildman–Crippen LogP) is 6.68. The summed E-state index contributed by atoms with van der Waals surface area (Å²) in [7, 11) is 0. The molecule has 1 atom stereocenters. The fourth-order valence-electron chi connectivity index (χ4n) is 6.68. The van der Waals surface area contributed by atoms with Crippen molar-refractivity contribution in [1.29, 1.82) is 5.26 Å². The maximum absolute atomic E-state index is 15.9. The van der Waals surface area contributed by atoms with Crippen molar-refractivity contribution < 1.29 is 8.78 Å². The lowest BCUT2D eigenvalue weighted by Gasteiger charge is -2.36. The average molecular weight is 586 g/mol. The van der Waals surface area contributed by atoms with Crippen molar-refractivity contribution in [2.45, 2.75) is 64.3 Å². The minimum Gasteiger partial charge on any atom is -0.389 e. The summed E-state index contributed by atoms with van der Waals surface area (Å²) < 4.78 is 31.8. The molecule has 0 unspecified atom stereocenters. The minimum atomic E-state index is -2.91. The second-order valence-electron chi connectivity index (χ2n) is 12.6. The van der Waals surface area contributed by atoms with Gasteiger partial charge in [0.2, 0.25) is 0 Å². The van der Waals surface area contributed by atoms with Crippen molar-refractivity contribution in [2.75, 3.05) is 42.9 Å². The van der Waals surface area contributed by atoms with Crippen LogP contribution in [0, 0.1) is 29.6 Å². The van der Waals surface area contributed by atoms with Gasteiger partial charge in [0.05, 0.1) is 17.0 Å². The van der Waals surface area contributed by atoms with E-state index in [-0.39, 0.29) is 11.6 Å². The monoisotopic (exact) mass is 585 g/mol. The number of halogens is 2. The zero-order valence-corrected chi connectivity index (χ0v) is 25.2. The van der Waals surface area contributed by atoms with Crippen molar-refractivity contribution >= 4 is 17.7 Å². The molecule has 226 valence electrons. The Hall–Kier alpha value is -3.77. The molecule has 1 saturated carbocycles. The van der Waals surface area contributed by atoms with E-state index in [1.807, 2.05) is 26.0 Å². The van der Waals surface area contributed by atoms with Gasteiger partial charge in [0, 0.05) is 48.6 Å². The van der Waals surface area contributed by atoms with Gasteiger partial charge in [-0.05, 0) is 88.7 Å². The van der Waals surface area contributed by atoms with Crippen LogP contribution in [-0.4, -0.2) is 47.6 Å². The molecule has 5 aliphatic rings. The van der Waals surface area contributed by atoms with E-state index in [0.717, 1.165) is 72.7 Å². The fraction of sp³-hybridized carbons (Fsp3) is 0.500. The van der Waals surface area contributed by atoms with Gasteiger partial charge >= 0.3 is 0 Å². The average Bonchev–Trinajstić information content (AvgIpc) is 3.80. The molecule has 5 heterocycles. The number of nitriles is 1. The van der Waals surface area contributed by atoms with E-state index in [9.17, 15) is 5.26 Å². The number of nitrogens with one attached hydrogen (secondary N) is 2. The number of fused-ring (bicyclic) bond motifs is 9. The van der Waals surface area contributed by atoms with Crippen LogP contribution in [-0.2, 0) is 5.92 Å². The Morgan fingerprint density at radius 3 is 2.58 bits per heavy atom. The third-order valence-electron chi connectivity index (χ3n) is 9.59. The number of benzene rings is 1. The van der Waals surface area contributed by atoms with Gasteiger partial charge in [0.15, 0.2) is 0 Å². The molecule has 7 nitrogen and oxygen atoms in total. The lowest BCUT2D eigenvalue weighted by molar-refractivity contribution is -0.0854. The van der Waals surface area contributed by atoms with Crippen molar-refractivity contribution in [1.82, 2.24) is 20.2 Å². The smallest absolute Gasteiger partial charge is 0.276 e. The highest BCUT2D eigenvalue weighted by Gasteiger charge is 2.50. The molecule has 8 bridgehead atoms. The second kappa shape index (κ2) is 11.4. The largest absolute Gasteiger partial charge is 0.389 e. The molecule has 43 heavy (non-hydrogen) atoms. The molecule has 0 amide bonds. The highest BCUT2D eigenvalue weighted by Crippen LogP contribution is 2.56. The van der Waals surface area contributed by atoms with Crippen LogP contribution in [0.4, 0.5) is 20.4 Å². The molecule has 7 rings (SSSR count). The first-order valence-corrected chi connectivity index (χ1v) is 15.5. The molecule has 9 heteroatoms. The minimum absolute atomic E-state index is 0.0656. The number of rotatable bonds is 1. The molecule has 2 aromatic rings. The number of anilines is 2. The summed E-state index contributed by atoms with van der Waals surface area (Å²) >= 11 is 0. The molecule has 1 saturated heterocycles. The lowest BCUT2D eigenvalue weighted by Crippen LogP contribution is -2.40. The highest BCUT2D eigenvalue weighted by atomic mass is 19.3. The third-order valence-corrected chi connectivity index (χ3v) is 9.59. The van der Waals surface area contributed by atoms with Crippen LogP contribution in [0.5, 0.6) is 0 Å². The number of aryl methyl sites for hydroxylation is 1. The Morgan fingerprint density at radius 2 is 1.86 bits per heavy atom. The third kappa shape index (κ3) is 5.65. The van der Waals surface area contributed by atoms with Crippen molar-refractivity contribution in [3.63, 3.8) is 0 Å². The maximum atomic E-state index is 15.9. The normalized spacial score (nSPS) is 26.7. The Labute approximate surface area is 253 Å². The van der Waals surface area contributed by atoms with Gasteiger partial charge < -0.3 is 20.4 Å². The number of nitrogens with zero attached hydrogens (tertiary/aromatic N) is 5. The van der Waals surface area contributed by atoms with Crippen LogP contribution in [0.2, 0.25) is 0 Å². The highest BCUT2D eigenvalue weighted by molar-refractivity contribution is 5.84. The molecule has 0 radical (unpaired) electrons. The number of alkyl halides is 2. The molecular formula is C34H41F2N7. The van der Waals surface area contributed by atoms with Crippen molar-refractivity contribution in [3.8, 4) is 6.07 Å². The Bertz CT molecular complexity index is 1490. The van der Waals surface area contributed by atoms with Crippen LogP contribution < -0.4 is 15.5 Å². The quantitative estimate of drug-likeness (QED) is 0.387. The first-order valence-electron chi connectivity index (χ1n) is 15.5. The molecule has 4 aliphatic heterocycles. The van der Waals surface area contributed by atoms with E-state index in [1.54, 1.807) is 18.2 Å². The summed E-state index contributed by atoms with van der Waals surface area (Å²) in [6.45, 7) is 16.0. The number of allylic oxidation sites excluding steroid dienone is 1. The van der Waals surface area contributed by atoms with E-state index >= 15 is 8.78 Å². The van der Waals surface area contributed by atoms with Gasteiger partial charge in [-0.1, -0.05) is 31.4 Å². The Balaban J connectivity index is 1.39. The maximum Gasteiger partial charge on any atom is 0.276 e. The van der Waals surface area contributed by atoms with E-state index in [0.29, 0.717) is 44.1 Å². The van der Waals surface area contributed by atoms with E-state index in [4.69, 9.17) is 9.97 Å². The second-order valence-corrected chi connectivity index (χ2v) is 12.6. The molecule has 2 fully saturated rings. The molecule has 1 aliphatic carbocycles. The van der Waals surface area contributed by atoms with Crippen molar-refractivity contribution in [2.24, 2.45) is 11.3 Å². The SMILES string of the molecule is C=C1CCN2CCC(CC2)C(F)(F)c2cccc(c2)[C@@H](C)Nc2nc(C)nc3c2C=C(C2(C#N)CC2)C(=C)N3CCCN1. The van der Waals surface area contributed by atoms with Crippen molar-refractivity contribution in [3.05, 3.63) is 76.9 Å². The molecular weight excluding hydrogens is 544 g/mol. The Kier molecular flexibility index (Phi) is 7.76. The molecule has 0 spiro atoms. The fourth-order valence-corrected chi connectivity index (χ4v) is 6.68. The zero-order chi connectivity index (χ0) is 30.4. The van der Waals surface area contributed by atoms with Gasteiger partial charge in [-0.2, -0.15) is 5.26 Å². The van der Waals surface area contributed by atoms with Gasteiger partial charge in [0.1, 0.15) is 17.5 Å². The standard InChI is InChI=1S/C34H41F2N7/c1-22-9-16-42-17-10-27(11-18-42)34(35,36)28-8-5-7-26(19-28)23(2)39-31-29-20-30(33(21-37)12-13-33)24(3)43(15-6-14-38-22)32(29)41-25(4)40-31/h5,7-8,19-20,23,27,38H,1,3,6,9-18H2,2,4H3,(H,39,40,41)/t23-/m1/s1.